The molecule has 2 saturated heterocycles. The molecule has 0 N–H and O–H groups in total. The summed E-state index contributed by atoms with van der Waals surface area (Å²) < 4.78 is 32.9. The zero-order valence-electron chi connectivity index (χ0n) is 16.8. The first-order chi connectivity index (χ1) is 13.9. The van der Waals surface area contributed by atoms with Crippen LogP contribution in [-0.2, 0) is 10.0 Å². The van der Waals surface area contributed by atoms with Crippen molar-refractivity contribution in [3.05, 3.63) is 30.0 Å². The van der Waals surface area contributed by atoms with Crippen molar-refractivity contribution in [2.45, 2.75) is 38.0 Å². The third-order valence-electron chi connectivity index (χ3n) is 5.68. The molecule has 2 fully saturated rings. The van der Waals surface area contributed by atoms with Gasteiger partial charge in [0.15, 0.2) is 0 Å². The lowest BCUT2D eigenvalue weighted by molar-refractivity contribution is 0.344. The van der Waals surface area contributed by atoms with Gasteiger partial charge < -0.3 is 9.32 Å². The van der Waals surface area contributed by atoms with Gasteiger partial charge in [0.1, 0.15) is 6.07 Å². The molecule has 0 amide bonds. The summed E-state index contributed by atoms with van der Waals surface area (Å²) in [6.07, 6.45) is 2.97. The average molecular weight is 415 g/mol. The Morgan fingerprint density at radius 3 is 2.31 bits per heavy atom. The summed E-state index contributed by atoms with van der Waals surface area (Å²) in [6.45, 7) is 7.22. The zero-order chi connectivity index (χ0) is 20.6. The minimum Gasteiger partial charge on any atom is -0.419 e. The standard InChI is InChI=1S/C21H26N4O3S/c1-15-11-16(2)14-24(13-15)21-19(12-22)23-20(28-21)17-5-7-18(8-6-17)29(26,27)25-9-3-4-10-25/h5-8,15-16H,3-4,9-11,13-14H2,1-2H3. The van der Waals surface area contributed by atoms with Crippen molar-refractivity contribution in [3.63, 3.8) is 0 Å². The number of hydrogen-bond acceptors (Lipinski definition) is 6. The second-order valence-electron chi connectivity index (χ2n) is 8.27. The van der Waals surface area contributed by atoms with Gasteiger partial charge in [-0.05, 0) is 55.4 Å². The third kappa shape index (κ3) is 3.89. The number of oxazole rings is 1. The lowest BCUT2D eigenvalue weighted by atomic mass is 9.92. The largest absolute Gasteiger partial charge is 0.419 e. The predicted octanol–water partition coefficient (Wildman–Crippen LogP) is 3.48. The van der Waals surface area contributed by atoms with E-state index in [1.165, 1.54) is 4.31 Å². The number of nitriles is 1. The Bertz CT molecular complexity index is 1010. The first-order valence-electron chi connectivity index (χ1n) is 10.1. The Kier molecular flexibility index (Phi) is 5.36. The maximum absolute atomic E-state index is 12.7. The molecule has 8 heteroatoms. The van der Waals surface area contributed by atoms with Gasteiger partial charge in [0.25, 0.3) is 0 Å². The fourth-order valence-electron chi connectivity index (χ4n) is 4.40. The van der Waals surface area contributed by atoms with Gasteiger partial charge in [-0.1, -0.05) is 13.8 Å². The SMILES string of the molecule is CC1CC(C)CN(c2oc(-c3ccc(S(=O)(=O)N4CCCC4)cc3)nc2C#N)C1. The Labute approximate surface area is 172 Å². The number of anilines is 1. The highest BCUT2D eigenvalue weighted by atomic mass is 32.2. The molecular formula is C21H26N4O3S. The second-order valence-corrected chi connectivity index (χ2v) is 10.2. The Morgan fingerprint density at radius 2 is 1.72 bits per heavy atom. The summed E-state index contributed by atoms with van der Waals surface area (Å²) >= 11 is 0. The van der Waals surface area contributed by atoms with E-state index in [0.717, 1.165) is 32.4 Å². The van der Waals surface area contributed by atoms with Gasteiger partial charge in [0, 0.05) is 31.7 Å². The van der Waals surface area contributed by atoms with Gasteiger partial charge in [-0.2, -0.15) is 14.6 Å². The van der Waals surface area contributed by atoms with Crippen molar-refractivity contribution in [1.29, 1.82) is 5.26 Å². The van der Waals surface area contributed by atoms with Gasteiger partial charge in [0.05, 0.1) is 4.90 Å². The molecule has 2 aliphatic heterocycles. The molecule has 3 heterocycles. The lowest BCUT2D eigenvalue weighted by Crippen LogP contribution is -2.38. The Balaban J connectivity index is 1.61. The van der Waals surface area contributed by atoms with Crippen molar-refractivity contribution in [1.82, 2.24) is 9.29 Å². The van der Waals surface area contributed by atoms with Crippen LogP contribution in [-0.4, -0.2) is 43.9 Å². The maximum Gasteiger partial charge on any atom is 0.243 e. The van der Waals surface area contributed by atoms with Crippen LogP contribution < -0.4 is 4.90 Å². The molecule has 2 atom stereocenters. The van der Waals surface area contributed by atoms with E-state index in [1.54, 1.807) is 24.3 Å². The van der Waals surface area contributed by atoms with Crippen LogP contribution in [0.4, 0.5) is 5.88 Å². The first-order valence-corrected chi connectivity index (χ1v) is 11.6. The molecular weight excluding hydrogens is 388 g/mol. The van der Waals surface area contributed by atoms with Gasteiger partial charge in [-0.3, -0.25) is 0 Å². The average Bonchev–Trinajstić information content (AvgIpc) is 3.37. The number of piperidine rings is 1. The summed E-state index contributed by atoms with van der Waals surface area (Å²) in [4.78, 5) is 6.73. The van der Waals surface area contributed by atoms with Crippen LogP contribution in [0.3, 0.4) is 0 Å². The maximum atomic E-state index is 12.7. The predicted molar refractivity (Wildman–Crippen MR) is 110 cm³/mol. The zero-order valence-corrected chi connectivity index (χ0v) is 17.7. The van der Waals surface area contributed by atoms with Crippen molar-refractivity contribution < 1.29 is 12.8 Å². The molecule has 4 rings (SSSR count). The van der Waals surface area contributed by atoms with E-state index in [4.69, 9.17) is 4.42 Å². The van der Waals surface area contributed by atoms with Crippen LogP contribution in [0.1, 0.15) is 38.8 Å². The van der Waals surface area contributed by atoms with E-state index in [2.05, 4.69) is 29.8 Å². The van der Waals surface area contributed by atoms with Crippen LogP contribution in [0.5, 0.6) is 0 Å². The summed E-state index contributed by atoms with van der Waals surface area (Å²) in [5.74, 6) is 1.89. The van der Waals surface area contributed by atoms with E-state index in [1.807, 2.05) is 0 Å². The van der Waals surface area contributed by atoms with Gasteiger partial charge in [-0.25, -0.2) is 8.42 Å². The number of benzene rings is 1. The summed E-state index contributed by atoms with van der Waals surface area (Å²) in [5.41, 5.74) is 0.932. The van der Waals surface area contributed by atoms with Crippen LogP contribution >= 0.6 is 0 Å². The molecule has 2 unspecified atom stereocenters. The molecule has 2 aliphatic rings. The first kappa shape index (κ1) is 19.9. The summed E-state index contributed by atoms with van der Waals surface area (Å²) in [7, 11) is -3.45. The monoisotopic (exact) mass is 414 g/mol. The highest BCUT2D eigenvalue weighted by molar-refractivity contribution is 7.89. The van der Waals surface area contributed by atoms with Crippen molar-refractivity contribution >= 4 is 15.9 Å². The highest BCUT2D eigenvalue weighted by Crippen LogP contribution is 2.33. The van der Waals surface area contributed by atoms with Crippen LogP contribution in [0.15, 0.2) is 33.6 Å². The van der Waals surface area contributed by atoms with E-state index < -0.39 is 10.0 Å². The Hall–Kier alpha value is -2.37. The number of hydrogen-bond donors (Lipinski definition) is 0. The van der Waals surface area contributed by atoms with Crippen molar-refractivity contribution in [2.24, 2.45) is 11.8 Å². The Morgan fingerprint density at radius 1 is 1.10 bits per heavy atom. The summed E-state index contributed by atoms with van der Waals surface area (Å²) in [6, 6.07) is 8.70. The van der Waals surface area contributed by atoms with E-state index in [9.17, 15) is 13.7 Å². The minimum absolute atomic E-state index is 0.272. The van der Waals surface area contributed by atoms with Crippen molar-refractivity contribution in [3.8, 4) is 17.5 Å². The number of aromatic nitrogens is 1. The van der Waals surface area contributed by atoms with Crippen LogP contribution in [0.2, 0.25) is 0 Å². The van der Waals surface area contributed by atoms with Crippen molar-refractivity contribution in [2.75, 3.05) is 31.1 Å². The molecule has 0 radical (unpaired) electrons. The normalized spacial score (nSPS) is 23.3. The van der Waals surface area contributed by atoms with Gasteiger partial charge in [-0.15, -0.1) is 0 Å². The molecule has 1 aromatic carbocycles. The topological polar surface area (TPSA) is 90.4 Å². The van der Waals surface area contributed by atoms with E-state index in [-0.39, 0.29) is 10.6 Å². The molecule has 1 aromatic heterocycles. The molecule has 0 aliphatic carbocycles. The summed E-state index contributed by atoms with van der Waals surface area (Å²) in [5, 5.41) is 9.53. The molecule has 154 valence electrons. The number of rotatable bonds is 4. The van der Waals surface area contributed by atoms with Crippen LogP contribution in [0, 0.1) is 23.2 Å². The van der Waals surface area contributed by atoms with Gasteiger partial charge >= 0.3 is 0 Å². The molecule has 0 bridgehead atoms. The highest BCUT2D eigenvalue weighted by Gasteiger charge is 2.29. The quantitative estimate of drug-likeness (QED) is 0.761. The van der Waals surface area contributed by atoms with Crippen LogP contribution in [0.25, 0.3) is 11.5 Å². The molecule has 0 spiro atoms. The van der Waals surface area contributed by atoms with Gasteiger partial charge in [0.2, 0.25) is 27.5 Å². The molecule has 7 nitrogen and oxygen atoms in total. The van der Waals surface area contributed by atoms with E-state index in [0.29, 0.717) is 42.3 Å². The number of nitrogens with zero attached hydrogens (tertiary/aromatic N) is 4. The number of sulfonamides is 1. The molecule has 0 saturated carbocycles. The fraction of sp³-hybridized carbons (Fsp3) is 0.524. The second kappa shape index (κ2) is 7.81. The molecule has 29 heavy (non-hydrogen) atoms. The lowest BCUT2D eigenvalue weighted by Gasteiger charge is -2.34. The minimum atomic E-state index is -3.45. The van der Waals surface area contributed by atoms with E-state index >= 15 is 0 Å². The smallest absolute Gasteiger partial charge is 0.243 e. The third-order valence-corrected chi connectivity index (χ3v) is 7.59. The molecule has 2 aromatic rings. The fourth-order valence-corrected chi connectivity index (χ4v) is 5.92.